The molecule has 2 amide bonds. The molecular weight excluding hydrogens is 392 g/mol. The molecule has 0 aliphatic carbocycles. The van der Waals surface area contributed by atoms with E-state index in [1.807, 2.05) is 86.6 Å². The Kier molecular flexibility index (Phi) is 7.65. The van der Waals surface area contributed by atoms with Gasteiger partial charge in [0.1, 0.15) is 11.5 Å². The molecule has 0 fully saturated rings. The van der Waals surface area contributed by atoms with Crippen molar-refractivity contribution in [3.8, 4) is 22.6 Å². The van der Waals surface area contributed by atoms with Crippen LogP contribution in [0.2, 0.25) is 0 Å². The maximum atomic E-state index is 12.4. The summed E-state index contributed by atoms with van der Waals surface area (Å²) in [5, 5.41) is 0. The van der Waals surface area contributed by atoms with Gasteiger partial charge in [-0.15, -0.1) is 0 Å². The number of hydrogen-bond acceptors (Lipinski definition) is 4. The Bertz CT molecular complexity index is 1000. The summed E-state index contributed by atoms with van der Waals surface area (Å²) in [7, 11) is 0. The minimum absolute atomic E-state index is 0.236. The van der Waals surface area contributed by atoms with Gasteiger partial charge in [-0.05, 0) is 37.1 Å². The smallest absolute Gasteiger partial charge is 0.279 e. The number of carbonyl (C=O) groups excluding carboxylic acids is 2. The van der Waals surface area contributed by atoms with Crippen molar-refractivity contribution in [3.05, 3.63) is 84.4 Å². The zero-order valence-corrected chi connectivity index (χ0v) is 17.6. The van der Waals surface area contributed by atoms with E-state index in [-0.39, 0.29) is 6.61 Å². The van der Waals surface area contributed by atoms with E-state index in [2.05, 4.69) is 10.9 Å². The van der Waals surface area contributed by atoms with Gasteiger partial charge in [0.25, 0.3) is 11.8 Å². The number of hydrogen-bond donors (Lipinski definition) is 2. The van der Waals surface area contributed by atoms with Crippen LogP contribution in [-0.4, -0.2) is 24.5 Å². The van der Waals surface area contributed by atoms with Crippen molar-refractivity contribution in [2.45, 2.75) is 26.4 Å². The van der Waals surface area contributed by atoms with Crippen LogP contribution in [0.3, 0.4) is 0 Å². The minimum atomic E-state index is -0.720. The van der Waals surface area contributed by atoms with Gasteiger partial charge in [0.15, 0.2) is 12.7 Å². The van der Waals surface area contributed by atoms with Gasteiger partial charge < -0.3 is 9.47 Å². The lowest BCUT2D eigenvalue weighted by Crippen LogP contribution is -2.49. The second-order valence-electron chi connectivity index (χ2n) is 7.02. The molecule has 3 aromatic rings. The second kappa shape index (κ2) is 10.8. The summed E-state index contributed by atoms with van der Waals surface area (Å²) < 4.78 is 11.4. The molecular formula is C25H26N2O4. The summed E-state index contributed by atoms with van der Waals surface area (Å²) in [5.74, 6) is 0.284. The third-order valence-electron chi connectivity index (χ3n) is 4.62. The van der Waals surface area contributed by atoms with E-state index in [0.29, 0.717) is 17.9 Å². The maximum Gasteiger partial charge on any atom is 0.279 e. The predicted molar refractivity (Wildman–Crippen MR) is 120 cm³/mol. The van der Waals surface area contributed by atoms with Gasteiger partial charge in [0, 0.05) is 5.56 Å². The summed E-state index contributed by atoms with van der Waals surface area (Å²) in [6, 6.07) is 24.7. The topological polar surface area (TPSA) is 76.7 Å². The van der Waals surface area contributed by atoms with Crippen LogP contribution in [0.15, 0.2) is 78.9 Å². The van der Waals surface area contributed by atoms with Gasteiger partial charge in [-0.1, -0.05) is 73.2 Å². The third kappa shape index (κ3) is 6.34. The lowest BCUT2D eigenvalue weighted by Gasteiger charge is -2.18. The van der Waals surface area contributed by atoms with Crippen LogP contribution in [0.4, 0.5) is 0 Å². The number of amides is 2. The summed E-state index contributed by atoms with van der Waals surface area (Å²) in [6.07, 6.45) is -0.265. The van der Waals surface area contributed by atoms with E-state index in [9.17, 15) is 9.59 Å². The van der Waals surface area contributed by atoms with Crippen molar-refractivity contribution in [1.29, 1.82) is 0 Å². The summed E-state index contributed by atoms with van der Waals surface area (Å²) in [6.45, 7) is 3.58. The highest BCUT2D eigenvalue weighted by atomic mass is 16.5. The molecule has 0 bridgehead atoms. The standard InChI is InChI=1S/C25H26N2O4/c1-3-22(31-20-15-13-18(2)14-16-20)25(29)27-26-24(28)17-30-23-12-8-7-11-21(23)19-9-5-4-6-10-19/h4-16,22H,3,17H2,1-2H3,(H,26,28)(H,27,29). The van der Waals surface area contributed by atoms with Crippen LogP contribution in [0.5, 0.6) is 11.5 Å². The van der Waals surface area contributed by atoms with Crippen molar-refractivity contribution < 1.29 is 19.1 Å². The number of benzene rings is 3. The number of nitrogens with one attached hydrogen (secondary N) is 2. The largest absolute Gasteiger partial charge is 0.483 e. The van der Waals surface area contributed by atoms with Gasteiger partial charge in [-0.3, -0.25) is 20.4 Å². The van der Waals surface area contributed by atoms with Gasteiger partial charge >= 0.3 is 0 Å². The highest BCUT2D eigenvalue weighted by Gasteiger charge is 2.19. The Morgan fingerprint density at radius 3 is 2.26 bits per heavy atom. The molecule has 3 rings (SSSR count). The van der Waals surface area contributed by atoms with E-state index in [0.717, 1.165) is 16.7 Å². The first-order valence-electron chi connectivity index (χ1n) is 10.2. The van der Waals surface area contributed by atoms with E-state index in [4.69, 9.17) is 9.47 Å². The first-order valence-corrected chi connectivity index (χ1v) is 10.2. The molecule has 0 aliphatic heterocycles. The molecule has 0 aromatic heterocycles. The number of hydrazine groups is 1. The summed E-state index contributed by atoms with van der Waals surface area (Å²) in [5.41, 5.74) is 7.76. The van der Waals surface area contributed by atoms with Gasteiger partial charge in [-0.25, -0.2) is 0 Å². The third-order valence-corrected chi connectivity index (χ3v) is 4.62. The monoisotopic (exact) mass is 418 g/mol. The fourth-order valence-corrected chi connectivity index (χ4v) is 2.94. The van der Waals surface area contributed by atoms with E-state index in [1.54, 1.807) is 6.07 Å². The summed E-state index contributed by atoms with van der Waals surface area (Å²) in [4.78, 5) is 24.6. The molecule has 1 unspecified atom stereocenters. The second-order valence-corrected chi connectivity index (χ2v) is 7.02. The highest BCUT2D eigenvalue weighted by molar-refractivity contribution is 5.85. The molecule has 31 heavy (non-hydrogen) atoms. The highest BCUT2D eigenvalue weighted by Crippen LogP contribution is 2.29. The fourth-order valence-electron chi connectivity index (χ4n) is 2.94. The lowest BCUT2D eigenvalue weighted by molar-refractivity contribution is -0.134. The van der Waals surface area contributed by atoms with Crippen molar-refractivity contribution in [2.75, 3.05) is 6.61 Å². The van der Waals surface area contributed by atoms with Crippen molar-refractivity contribution >= 4 is 11.8 Å². The van der Waals surface area contributed by atoms with Crippen molar-refractivity contribution in [2.24, 2.45) is 0 Å². The lowest BCUT2D eigenvalue weighted by atomic mass is 10.1. The number of para-hydroxylation sites is 1. The van der Waals surface area contributed by atoms with Crippen LogP contribution >= 0.6 is 0 Å². The number of rotatable bonds is 8. The van der Waals surface area contributed by atoms with Crippen molar-refractivity contribution in [1.82, 2.24) is 10.9 Å². The van der Waals surface area contributed by atoms with E-state index >= 15 is 0 Å². The van der Waals surface area contributed by atoms with E-state index < -0.39 is 17.9 Å². The number of ether oxygens (including phenoxy) is 2. The molecule has 3 aromatic carbocycles. The zero-order chi connectivity index (χ0) is 22.1. The Balaban J connectivity index is 1.51. The van der Waals surface area contributed by atoms with Crippen LogP contribution in [0.1, 0.15) is 18.9 Å². The Morgan fingerprint density at radius 1 is 0.871 bits per heavy atom. The fraction of sp³-hybridized carbons (Fsp3) is 0.200. The van der Waals surface area contributed by atoms with Crippen molar-refractivity contribution in [3.63, 3.8) is 0 Å². The first-order chi connectivity index (χ1) is 15.1. The normalized spacial score (nSPS) is 11.3. The minimum Gasteiger partial charge on any atom is -0.483 e. The molecule has 0 saturated heterocycles. The Labute approximate surface area is 182 Å². The average molecular weight is 418 g/mol. The van der Waals surface area contributed by atoms with Gasteiger partial charge in [0.2, 0.25) is 0 Å². The molecule has 6 heteroatoms. The average Bonchev–Trinajstić information content (AvgIpc) is 2.81. The first kappa shape index (κ1) is 21.9. The predicted octanol–water partition coefficient (Wildman–Crippen LogP) is 4.05. The molecule has 0 radical (unpaired) electrons. The molecule has 2 N–H and O–H groups in total. The maximum absolute atomic E-state index is 12.4. The Hall–Kier alpha value is -3.80. The van der Waals surface area contributed by atoms with Gasteiger partial charge in [-0.2, -0.15) is 0 Å². The van der Waals surface area contributed by atoms with Crippen LogP contribution < -0.4 is 20.3 Å². The van der Waals surface area contributed by atoms with E-state index in [1.165, 1.54) is 0 Å². The van der Waals surface area contributed by atoms with Crippen LogP contribution in [0.25, 0.3) is 11.1 Å². The molecule has 1 atom stereocenters. The molecule has 0 heterocycles. The Morgan fingerprint density at radius 2 is 1.55 bits per heavy atom. The van der Waals surface area contributed by atoms with Crippen LogP contribution in [-0.2, 0) is 9.59 Å². The quantitative estimate of drug-likeness (QED) is 0.541. The molecule has 160 valence electrons. The number of carbonyl (C=O) groups is 2. The SMILES string of the molecule is CCC(Oc1ccc(C)cc1)C(=O)NNC(=O)COc1ccccc1-c1ccccc1. The van der Waals surface area contributed by atoms with Crippen LogP contribution in [0, 0.1) is 6.92 Å². The number of aryl methyl sites for hydroxylation is 1. The summed E-state index contributed by atoms with van der Waals surface area (Å²) >= 11 is 0. The molecule has 0 spiro atoms. The van der Waals surface area contributed by atoms with Gasteiger partial charge in [0.05, 0.1) is 0 Å². The molecule has 0 saturated carbocycles. The molecule has 0 aliphatic rings. The zero-order valence-electron chi connectivity index (χ0n) is 17.6. The molecule has 6 nitrogen and oxygen atoms in total.